The van der Waals surface area contributed by atoms with Crippen molar-refractivity contribution in [3.8, 4) is 6.07 Å². The Morgan fingerprint density at radius 2 is 2.17 bits per heavy atom. The second-order valence-corrected chi connectivity index (χ2v) is 6.86. The van der Waals surface area contributed by atoms with E-state index in [2.05, 4.69) is 21.1 Å². The molecule has 0 aliphatic heterocycles. The molecule has 1 aromatic heterocycles. The second kappa shape index (κ2) is 7.79. The lowest BCUT2D eigenvalue weighted by molar-refractivity contribution is -0.119. The summed E-state index contributed by atoms with van der Waals surface area (Å²) >= 11 is 1.33. The maximum atomic E-state index is 11.6. The van der Waals surface area contributed by atoms with Crippen LogP contribution in [0.25, 0.3) is 0 Å². The molecule has 6 nitrogen and oxygen atoms in total. The van der Waals surface area contributed by atoms with Crippen LogP contribution in [0.2, 0.25) is 0 Å². The quantitative estimate of drug-likeness (QED) is 0.715. The van der Waals surface area contributed by atoms with Crippen LogP contribution in [0.5, 0.6) is 0 Å². The van der Waals surface area contributed by atoms with Gasteiger partial charge in [-0.25, -0.2) is 0 Å². The number of hydrogen-bond acceptors (Lipinski definition) is 6. The van der Waals surface area contributed by atoms with Crippen LogP contribution in [-0.4, -0.2) is 16.3 Å². The van der Waals surface area contributed by atoms with Crippen molar-refractivity contribution >= 4 is 33.8 Å². The summed E-state index contributed by atoms with van der Waals surface area (Å²) in [4.78, 5) is 11.6. The predicted octanol–water partition coefficient (Wildman–Crippen LogP) is 3.38. The summed E-state index contributed by atoms with van der Waals surface area (Å²) in [6, 6.07) is 8.93. The molecule has 4 N–H and O–H groups in total. The number of anilines is 3. The summed E-state index contributed by atoms with van der Waals surface area (Å²) in [5.41, 5.74) is 8.32. The van der Waals surface area contributed by atoms with Gasteiger partial charge in [-0.3, -0.25) is 4.79 Å². The fourth-order valence-electron chi connectivity index (χ4n) is 2.31. The summed E-state index contributed by atoms with van der Waals surface area (Å²) < 4.78 is 4.21. The van der Waals surface area contributed by atoms with E-state index in [4.69, 9.17) is 5.73 Å². The number of carbonyl (C=O) groups excluding carboxylic acids is 1. The minimum absolute atomic E-state index is 0.339. The van der Waals surface area contributed by atoms with Crippen LogP contribution in [0.3, 0.4) is 0 Å². The van der Waals surface area contributed by atoms with Crippen molar-refractivity contribution in [2.45, 2.75) is 33.2 Å². The van der Waals surface area contributed by atoms with Crippen LogP contribution in [0.1, 0.15) is 31.5 Å². The Balaban J connectivity index is 2.24. The molecule has 1 atom stereocenters. The molecule has 0 saturated carbocycles. The Labute approximate surface area is 145 Å². The number of nitrogens with zero attached hydrogens (tertiary/aromatic N) is 2. The van der Waals surface area contributed by atoms with E-state index in [0.29, 0.717) is 23.6 Å². The minimum atomic E-state index is -0.448. The summed E-state index contributed by atoms with van der Waals surface area (Å²) in [6.45, 7) is 5.99. The smallest absolute Gasteiger partial charge is 0.239 e. The van der Waals surface area contributed by atoms with Crippen molar-refractivity contribution in [3.63, 3.8) is 0 Å². The molecule has 0 bridgehead atoms. The van der Waals surface area contributed by atoms with Crippen molar-refractivity contribution in [3.05, 3.63) is 35.5 Å². The molecule has 1 amide bonds. The maximum Gasteiger partial charge on any atom is 0.239 e. The number of hydrogen-bond donors (Lipinski definition) is 3. The Bertz CT molecular complexity index is 763. The van der Waals surface area contributed by atoms with Gasteiger partial charge in [-0.15, -0.1) is 0 Å². The monoisotopic (exact) mass is 343 g/mol. The Kier molecular flexibility index (Phi) is 5.77. The van der Waals surface area contributed by atoms with E-state index in [9.17, 15) is 10.1 Å². The largest absolute Gasteiger partial charge is 0.374 e. The van der Waals surface area contributed by atoms with Crippen LogP contribution in [-0.2, 0) is 4.79 Å². The SMILES string of the molecule is Cc1cc(Nc2cc(NC(CC(C)C)C(N)=O)ccc2C#N)sn1. The number of aryl methyl sites for hydroxylation is 1. The molecule has 24 heavy (non-hydrogen) atoms. The van der Waals surface area contributed by atoms with E-state index in [0.717, 1.165) is 16.4 Å². The molecule has 1 aromatic carbocycles. The first-order valence-electron chi connectivity index (χ1n) is 7.69. The van der Waals surface area contributed by atoms with Gasteiger partial charge in [0, 0.05) is 5.69 Å². The number of carbonyl (C=O) groups is 1. The summed E-state index contributed by atoms with van der Waals surface area (Å²) in [5.74, 6) is -0.0493. The number of amides is 1. The average molecular weight is 343 g/mol. The van der Waals surface area contributed by atoms with Gasteiger partial charge in [-0.1, -0.05) is 13.8 Å². The highest BCUT2D eigenvalue weighted by Crippen LogP contribution is 2.27. The van der Waals surface area contributed by atoms with Gasteiger partial charge in [-0.2, -0.15) is 9.64 Å². The third kappa shape index (κ3) is 4.70. The Morgan fingerprint density at radius 3 is 2.71 bits per heavy atom. The van der Waals surface area contributed by atoms with Crippen LogP contribution in [0.4, 0.5) is 16.4 Å². The zero-order chi connectivity index (χ0) is 17.7. The van der Waals surface area contributed by atoms with Crippen molar-refractivity contribution < 1.29 is 4.79 Å². The molecule has 0 aliphatic rings. The molecule has 2 rings (SSSR count). The van der Waals surface area contributed by atoms with Crippen LogP contribution < -0.4 is 16.4 Å². The molecule has 0 radical (unpaired) electrons. The first-order valence-corrected chi connectivity index (χ1v) is 8.46. The third-order valence-corrected chi connectivity index (χ3v) is 4.21. The normalized spacial score (nSPS) is 11.8. The van der Waals surface area contributed by atoms with Gasteiger partial charge in [0.2, 0.25) is 5.91 Å². The molecular formula is C17H21N5OS. The number of primary amides is 1. The van der Waals surface area contributed by atoms with E-state index < -0.39 is 6.04 Å². The lowest BCUT2D eigenvalue weighted by Crippen LogP contribution is -2.36. The number of aromatic nitrogens is 1. The molecule has 7 heteroatoms. The van der Waals surface area contributed by atoms with E-state index >= 15 is 0 Å². The molecule has 0 fully saturated rings. The molecule has 1 heterocycles. The van der Waals surface area contributed by atoms with Gasteiger partial charge < -0.3 is 16.4 Å². The minimum Gasteiger partial charge on any atom is -0.374 e. The first-order chi connectivity index (χ1) is 11.4. The van der Waals surface area contributed by atoms with Gasteiger partial charge in [-0.05, 0) is 55.1 Å². The standard InChI is InChI=1S/C17H21N5OS/c1-10(2)6-15(17(19)23)20-13-5-4-12(9-18)14(8-13)21-16-7-11(3)22-24-16/h4-5,7-8,10,15,20-21H,6H2,1-3H3,(H2,19,23). The van der Waals surface area contributed by atoms with Crippen LogP contribution >= 0.6 is 11.5 Å². The highest BCUT2D eigenvalue weighted by Gasteiger charge is 2.17. The van der Waals surface area contributed by atoms with Crippen molar-refractivity contribution in [2.75, 3.05) is 10.6 Å². The summed E-state index contributed by atoms with van der Waals surface area (Å²) in [5, 5.41) is 16.5. The molecule has 2 aromatic rings. The predicted molar refractivity (Wildman–Crippen MR) is 97.4 cm³/mol. The average Bonchev–Trinajstić information content (AvgIpc) is 2.91. The number of benzene rings is 1. The van der Waals surface area contributed by atoms with Crippen LogP contribution in [0.15, 0.2) is 24.3 Å². The molecule has 0 saturated heterocycles. The highest BCUT2D eigenvalue weighted by atomic mass is 32.1. The molecule has 0 aliphatic carbocycles. The zero-order valence-corrected chi connectivity index (χ0v) is 14.8. The molecule has 0 spiro atoms. The van der Waals surface area contributed by atoms with Crippen LogP contribution in [0, 0.1) is 24.2 Å². The third-order valence-electron chi connectivity index (χ3n) is 3.42. The summed E-state index contributed by atoms with van der Waals surface area (Å²) in [7, 11) is 0. The van der Waals surface area contributed by atoms with Crippen molar-refractivity contribution in [1.29, 1.82) is 5.26 Å². The molecular weight excluding hydrogens is 322 g/mol. The number of nitriles is 1. The fraction of sp³-hybridized carbons (Fsp3) is 0.353. The zero-order valence-electron chi connectivity index (χ0n) is 14.0. The Morgan fingerprint density at radius 1 is 1.42 bits per heavy atom. The van der Waals surface area contributed by atoms with E-state index in [1.807, 2.05) is 32.9 Å². The first kappa shape index (κ1) is 17.8. The molecule has 1 unspecified atom stereocenters. The second-order valence-electron chi connectivity index (χ2n) is 6.06. The number of nitrogens with two attached hydrogens (primary N) is 1. The van der Waals surface area contributed by atoms with E-state index in [-0.39, 0.29) is 5.91 Å². The van der Waals surface area contributed by atoms with E-state index in [1.54, 1.807) is 12.1 Å². The topological polar surface area (TPSA) is 104 Å². The fourth-order valence-corrected chi connectivity index (χ4v) is 2.98. The van der Waals surface area contributed by atoms with Gasteiger partial charge in [0.25, 0.3) is 0 Å². The molecule has 126 valence electrons. The van der Waals surface area contributed by atoms with Crippen molar-refractivity contribution in [1.82, 2.24) is 4.37 Å². The lowest BCUT2D eigenvalue weighted by atomic mass is 10.0. The maximum absolute atomic E-state index is 11.6. The van der Waals surface area contributed by atoms with Gasteiger partial charge in [0.1, 0.15) is 17.1 Å². The number of rotatable bonds is 7. The highest BCUT2D eigenvalue weighted by molar-refractivity contribution is 7.10. The van der Waals surface area contributed by atoms with Crippen molar-refractivity contribution in [2.24, 2.45) is 11.7 Å². The van der Waals surface area contributed by atoms with Gasteiger partial charge in [0.15, 0.2) is 0 Å². The van der Waals surface area contributed by atoms with Gasteiger partial charge >= 0.3 is 0 Å². The Hall–Kier alpha value is -2.59. The van der Waals surface area contributed by atoms with E-state index in [1.165, 1.54) is 11.5 Å². The lowest BCUT2D eigenvalue weighted by Gasteiger charge is -2.19. The number of nitrogens with one attached hydrogen (secondary N) is 2. The summed E-state index contributed by atoms with van der Waals surface area (Å²) in [6.07, 6.45) is 0.645. The van der Waals surface area contributed by atoms with Gasteiger partial charge in [0.05, 0.1) is 16.9 Å².